The lowest BCUT2D eigenvalue weighted by molar-refractivity contribution is -0.145. The van der Waals surface area contributed by atoms with Gasteiger partial charge in [0.15, 0.2) is 0 Å². The van der Waals surface area contributed by atoms with Gasteiger partial charge in [-0.25, -0.2) is 0 Å². The van der Waals surface area contributed by atoms with Crippen LogP contribution in [0.5, 0.6) is 11.5 Å². The van der Waals surface area contributed by atoms with Crippen LogP contribution >= 0.6 is 0 Å². The monoisotopic (exact) mass is 339 g/mol. The third-order valence-electron chi connectivity index (χ3n) is 3.55. The number of methoxy groups -OCH3 is 4. The molecule has 0 heterocycles. The molecule has 0 bridgehead atoms. The van der Waals surface area contributed by atoms with Crippen LogP contribution in [0.4, 0.5) is 0 Å². The van der Waals surface area contributed by atoms with Gasteiger partial charge in [0.25, 0.3) is 5.91 Å². The number of rotatable bonds is 9. The highest BCUT2D eigenvalue weighted by Crippen LogP contribution is 2.23. The van der Waals surface area contributed by atoms with Crippen LogP contribution in [0.25, 0.3) is 0 Å². The lowest BCUT2D eigenvalue weighted by Crippen LogP contribution is -2.39. The number of ether oxygens (including phenoxy) is 4. The molecule has 134 valence electrons. The molecule has 7 nitrogen and oxygen atoms in total. The van der Waals surface area contributed by atoms with E-state index in [0.717, 1.165) is 0 Å². The first-order valence-electron chi connectivity index (χ1n) is 7.55. The van der Waals surface area contributed by atoms with Crippen molar-refractivity contribution in [3.8, 4) is 11.5 Å². The van der Waals surface area contributed by atoms with Crippen molar-refractivity contribution in [2.24, 2.45) is 5.92 Å². The second-order valence-corrected chi connectivity index (χ2v) is 5.27. The highest BCUT2D eigenvalue weighted by Gasteiger charge is 2.23. The van der Waals surface area contributed by atoms with Crippen LogP contribution in [0, 0.1) is 5.92 Å². The Morgan fingerprint density at radius 1 is 1.04 bits per heavy atom. The Labute approximate surface area is 142 Å². The Morgan fingerprint density at radius 3 is 2.08 bits per heavy atom. The van der Waals surface area contributed by atoms with E-state index in [2.05, 4.69) is 0 Å². The maximum atomic E-state index is 12.8. The fourth-order valence-corrected chi connectivity index (χ4v) is 2.20. The predicted molar refractivity (Wildman–Crippen MR) is 88.5 cm³/mol. The van der Waals surface area contributed by atoms with E-state index in [9.17, 15) is 9.59 Å². The molecular weight excluding hydrogens is 314 g/mol. The van der Waals surface area contributed by atoms with Gasteiger partial charge in [0.1, 0.15) is 11.5 Å². The molecule has 1 atom stereocenters. The summed E-state index contributed by atoms with van der Waals surface area (Å²) in [6, 6.07) is 4.95. The third kappa shape index (κ3) is 5.42. The first-order chi connectivity index (χ1) is 11.5. The smallest absolute Gasteiger partial charge is 0.310 e. The topological polar surface area (TPSA) is 74.3 Å². The van der Waals surface area contributed by atoms with E-state index >= 15 is 0 Å². The van der Waals surface area contributed by atoms with Crippen LogP contribution in [-0.2, 0) is 14.3 Å². The minimum absolute atomic E-state index is 0.231. The van der Waals surface area contributed by atoms with Crippen molar-refractivity contribution in [3.05, 3.63) is 23.8 Å². The quantitative estimate of drug-likeness (QED) is 0.636. The molecular formula is C17H25NO6. The van der Waals surface area contributed by atoms with Gasteiger partial charge in [-0.1, -0.05) is 6.92 Å². The number of benzene rings is 1. The molecule has 0 aliphatic rings. The molecule has 0 N–H and O–H groups in total. The first kappa shape index (κ1) is 19.8. The number of amides is 1. The van der Waals surface area contributed by atoms with Crippen LogP contribution < -0.4 is 9.47 Å². The molecule has 1 amide bonds. The summed E-state index contributed by atoms with van der Waals surface area (Å²) in [6.07, 6.45) is 0. The van der Waals surface area contributed by atoms with Gasteiger partial charge in [-0.3, -0.25) is 9.59 Å². The van der Waals surface area contributed by atoms with Crippen LogP contribution in [-0.4, -0.2) is 64.9 Å². The zero-order chi connectivity index (χ0) is 18.1. The van der Waals surface area contributed by atoms with Crippen molar-refractivity contribution >= 4 is 11.9 Å². The lowest BCUT2D eigenvalue weighted by Gasteiger charge is -2.25. The number of esters is 1. The zero-order valence-electron chi connectivity index (χ0n) is 14.8. The number of hydrogen-bond acceptors (Lipinski definition) is 6. The number of nitrogens with zero attached hydrogens (tertiary/aromatic N) is 1. The maximum Gasteiger partial charge on any atom is 0.310 e. The number of carbonyl (C=O) groups excluding carboxylic acids is 2. The van der Waals surface area contributed by atoms with Gasteiger partial charge in [0.05, 0.1) is 33.9 Å². The van der Waals surface area contributed by atoms with Crippen LogP contribution in [0.15, 0.2) is 18.2 Å². The van der Waals surface area contributed by atoms with Crippen molar-refractivity contribution in [2.75, 3.05) is 48.1 Å². The summed E-state index contributed by atoms with van der Waals surface area (Å²) in [5.41, 5.74) is 0.416. The summed E-state index contributed by atoms with van der Waals surface area (Å²) >= 11 is 0. The zero-order valence-corrected chi connectivity index (χ0v) is 14.8. The van der Waals surface area contributed by atoms with E-state index in [1.807, 2.05) is 0 Å². The number of carbonyl (C=O) groups is 2. The Kier molecular flexibility index (Phi) is 8.05. The van der Waals surface area contributed by atoms with Gasteiger partial charge < -0.3 is 23.8 Å². The molecule has 7 heteroatoms. The second-order valence-electron chi connectivity index (χ2n) is 5.27. The summed E-state index contributed by atoms with van der Waals surface area (Å²) in [6.45, 7) is 2.66. The molecule has 0 aromatic heterocycles. The third-order valence-corrected chi connectivity index (χ3v) is 3.55. The fourth-order valence-electron chi connectivity index (χ4n) is 2.20. The first-order valence-corrected chi connectivity index (χ1v) is 7.55. The molecule has 1 aromatic rings. The second kappa shape index (κ2) is 9.77. The largest absolute Gasteiger partial charge is 0.497 e. The molecule has 1 aromatic carbocycles. The van der Waals surface area contributed by atoms with Gasteiger partial charge in [-0.05, 0) is 12.1 Å². The normalized spacial score (nSPS) is 11.5. The Hall–Kier alpha value is -2.28. The fraction of sp³-hybridized carbons (Fsp3) is 0.529. The Morgan fingerprint density at radius 2 is 1.62 bits per heavy atom. The minimum Gasteiger partial charge on any atom is -0.497 e. The van der Waals surface area contributed by atoms with Crippen molar-refractivity contribution in [1.82, 2.24) is 4.90 Å². The van der Waals surface area contributed by atoms with Gasteiger partial charge in [0, 0.05) is 31.8 Å². The van der Waals surface area contributed by atoms with Gasteiger partial charge >= 0.3 is 5.97 Å². The molecule has 0 saturated carbocycles. The van der Waals surface area contributed by atoms with Crippen LogP contribution in [0.1, 0.15) is 17.3 Å². The minimum atomic E-state index is -0.441. The lowest BCUT2D eigenvalue weighted by atomic mass is 10.1. The Bertz CT molecular complexity index is 538. The SMILES string of the molecule is COCCN(CC(C)C(=O)OC)C(=O)c1cc(OC)cc(OC)c1. The standard InChI is InChI=1S/C17H25NO6/c1-12(17(20)24-5)11-18(6-7-21-2)16(19)13-8-14(22-3)10-15(9-13)23-4/h8-10,12H,6-7,11H2,1-5H3. The van der Waals surface area contributed by atoms with Crippen molar-refractivity contribution in [3.63, 3.8) is 0 Å². The van der Waals surface area contributed by atoms with E-state index < -0.39 is 5.92 Å². The Balaban J connectivity index is 3.04. The predicted octanol–water partition coefficient (Wildman–Crippen LogP) is 1.60. The maximum absolute atomic E-state index is 12.8. The van der Waals surface area contributed by atoms with Gasteiger partial charge in [-0.15, -0.1) is 0 Å². The van der Waals surface area contributed by atoms with E-state index in [1.54, 1.807) is 37.1 Å². The summed E-state index contributed by atoms with van der Waals surface area (Å²) < 4.78 is 20.2. The molecule has 0 radical (unpaired) electrons. The van der Waals surface area contributed by atoms with Crippen LogP contribution in [0.3, 0.4) is 0 Å². The number of hydrogen-bond donors (Lipinski definition) is 0. The summed E-state index contributed by atoms with van der Waals surface area (Å²) in [4.78, 5) is 26.0. The average Bonchev–Trinajstić information content (AvgIpc) is 2.62. The molecule has 0 saturated heterocycles. The van der Waals surface area contributed by atoms with E-state index in [-0.39, 0.29) is 18.4 Å². The molecule has 0 spiro atoms. The van der Waals surface area contributed by atoms with E-state index in [1.165, 1.54) is 21.3 Å². The highest BCUT2D eigenvalue weighted by atomic mass is 16.5. The molecule has 0 aliphatic heterocycles. The van der Waals surface area contributed by atoms with Crippen molar-refractivity contribution in [2.45, 2.75) is 6.92 Å². The van der Waals surface area contributed by atoms with Crippen LogP contribution in [0.2, 0.25) is 0 Å². The van der Waals surface area contributed by atoms with Crippen molar-refractivity contribution in [1.29, 1.82) is 0 Å². The van der Waals surface area contributed by atoms with E-state index in [0.29, 0.717) is 30.2 Å². The van der Waals surface area contributed by atoms with Gasteiger partial charge in [0.2, 0.25) is 0 Å². The average molecular weight is 339 g/mol. The van der Waals surface area contributed by atoms with E-state index in [4.69, 9.17) is 18.9 Å². The molecule has 0 aliphatic carbocycles. The highest BCUT2D eigenvalue weighted by molar-refractivity contribution is 5.95. The summed E-state index contributed by atoms with van der Waals surface area (Å²) in [5, 5.41) is 0. The molecule has 1 rings (SSSR count). The summed E-state index contributed by atoms with van der Waals surface area (Å²) in [7, 11) is 5.92. The molecule has 0 fully saturated rings. The van der Waals surface area contributed by atoms with Gasteiger partial charge in [-0.2, -0.15) is 0 Å². The van der Waals surface area contributed by atoms with Crippen molar-refractivity contribution < 1.29 is 28.5 Å². The molecule has 1 unspecified atom stereocenters. The summed E-state index contributed by atoms with van der Waals surface area (Å²) in [5.74, 6) is -0.00688. The molecule has 24 heavy (non-hydrogen) atoms.